The molecule has 184 valence electrons. The van der Waals surface area contributed by atoms with E-state index in [0.29, 0.717) is 24.3 Å². The van der Waals surface area contributed by atoms with Crippen LogP contribution in [-0.4, -0.2) is 57.4 Å². The van der Waals surface area contributed by atoms with E-state index in [9.17, 15) is 13.2 Å². The van der Waals surface area contributed by atoms with Gasteiger partial charge in [-0.15, -0.1) is 0 Å². The first-order valence-corrected chi connectivity index (χ1v) is 13.2. The van der Waals surface area contributed by atoms with Gasteiger partial charge in [0.05, 0.1) is 7.11 Å². The molecule has 35 heavy (non-hydrogen) atoms. The van der Waals surface area contributed by atoms with Gasteiger partial charge < -0.3 is 9.64 Å². The Morgan fingerprint density at radius 1 is 0.943 bits per heavy atom. The molecule has 1 N–H and O–H groups in total. The number of sulfonamides is 1. The highest BCUT2D eigenvalue weighted by molar-refractivity contribution is 7.92. The highest BCUT2D eigenvalue weighted by atomic mass is 32.2. The number of aryl methyl sites for hydroxylation is 1. The van der Waals surface area contributed by atoms with Crippen molar-refractivity contribution in [3.63, 3.8) is 0 Å². The van der Waals surface area contributed by atoms with Crippen LogP contribution in [0.1, 0.15) is 27.9 Å². The largest absolute Gasteiger partial charge is 0.495 e. The standard InChI is InChI=1S/C27H31N3O4S/c1-21-9-12-24(13-10-21)28-35(32,33)26-19-23(11-14-25(26)34-2)27(31)30-16-6-15-29(17-18-30)20-22-7-4-3-5-8-22/h3-5,7-14,19,28H,6,15-18,20H2,1-2H3. The number of rotatable bonds is 7. The molecule has 0 atom stereocenters. The highest BCUT2D eigenvalue weighted by Gasteiger charge is 2.25. The predicted octanol–water partition coefficient (Wildman–Crippen LogP) is 4.15. The minimum atomic E-state index is -3.96. The Morgan fingerprint density at radius 3 is 2.40 bits per heavy atom. The molecule has 1 saturated heterocycles. The normalized spacial score (nSPS) is 14.9. The van der Waals surface area contributed by atoms with E-state index < -0.39 is 10.0 Å². The molecule has 8 heteroatoms. The third-order valence-electron chi connectivity index (χ3n) is 6.13. The molecule has 0 bridgehead atoms. The Bertz CT molecular complexity index is 1260. The van der Waals surface area contributed by atoms with E-state index >= 15 is 0 Å². The minimum absolute atomic E-state index is 0.0630. The molecule has 0 radical (unpaired) electrons. The van der Waals surface area contributed by atoms with Crippen molar-refractivity contribution < 1.29 is 17.9 Å². The van der Waals surface area contributed by atoms with Gasteiger partial charge in [0.15, 0.2) is 0 Å². The lowest BCUT2D eigenvalue weighted by Gasteiger charge is -2.22. The summed E-state index contributed by atoms with van der Waals surface area (Å²) in [6.45, 7) is 5.65. The van der Waals surface area contributed by atoms with Crippen molar-refractivity contribution in [3.8, 4) is 5.75 Å². The molecule has 0 saturated carbocycles. The highest BCUT2D eigenvalue weighted by Crippen LogP contribution is 2.28. The molecule has 1 fully saturated rings. The first-order valence-electron chi connectivity index (χ1n) is 11.7. The molecule has 4 rings (SSSR count). The number of carbonyl (C=O) groups excluding carboxylic acids is 1. The van der Waals surface area contributed by atoms with Gasteiger partial charge in [-0.25, -0.2) is 8.42 Å². The Labute approximate surface area is 207 Å². The molecular weight excluding hydrogens is 462 g/mol. The first-order chi connectivity index (χ1) is 16.9. The molecule has 1 aliphatic heterocycles. The van der Waals surface area contributed by atoms with Crippen molar-refractivity contribution >= 4 is 21.6 Å². The van der Waals surface area contributed by atoms with Crippen LogP contribution >= 0.6 is 0 Å². The van der Waals surface area contributed by atoms with E-state index in [1.807, 2.05) is 37.3 Å². The summed E-state index contributed by atoms with van der Waals surface area (Å²) < 4.78 is 34.2. The number of nitrogens with one attached hydrogen (secondary N) is 1. The molecule has 7 nitrogen and oxygen atoms in total. The molecule has 1 heterocycles. The lowest BCUT2D eigenvalue weighted by molar-refractivity contribution is 0.0761. The number of amides is 1. The number of anilines is 1. The van der Waals surface area contributed by atoms with Gasteiger partial charge in [-0.3, -0.25) is 14.4 Å². The average molecular weight is 494 g/mol. The first kappa shape index (κ1) is 24.8. The SMILES string of the molecule is COc1ccc(C(=O)N2CCCN(Cc3ccccc3)CC2)cc1S(=O)(=O)Nc1ccc(C)cc1. The van der Waals surface area contributed by atoms with Crippen LogP contribution in [0, 0.1) is 6.92 Å². The van der Waals surface area contributed by atoms with E-state index in [0.717, 1.165) is 31.6 Å². The van der Waals surface area contributed by atoms with Crippen molar-refractivity contribution in [1.82, 2.24) is 9.80 Å². The van der Waals surface area contributed by atoms with Crippen LogP contribution in [0.2, 0.25) is 0 Å². The van der Waals surface area contributed by atoms with Crippen molar-refractivity contribution in [3.05, 3.63) is 89.5 Å². The van der Waals surface area contributed by atoms with Crippen molar-refractivity contribution in [1.29, 1.82) is 0 Å². The van der Waals surface area contributed by atoms with Crippen LogP contribution in [0.5, 0.6) is 5.75 Å². The number of benzene rings is 3. The lowest BCUT2D eigenvalue weighted by atomic mass is 10.2. The van der Waals surface area contributed by atoms with E-state index in [1.54, 1.807) is 23.1 Å². The summed E-state index contributed by atoms with van der Waals surface area (Å²) in [5.74, 6) is 0.00654. The molecule has 1 aliphatic rings. The maximum atomic E-state index is 13.3. The Hall–Kier alpha value is -3.36. The molecule has 0 aliphatic carbocycles. The number of hydrogen-bond donors (Lipinski definition) is 1. The van der Waals surface area contributed by atoms with Gasteiger partial charge in [-0.2, -0.15) is 0 Å². The summed E-state index contributed by atoms with van der Waals surface area (Å²) in [4.78, 5) is 17.4. The molecule has 0 spiro atoms. The Kier molecular flexibility index (Phi) is 7.73. The zero-order valence-electron chi connectivity index (χ0n) is 20.1. The van der Waals surface area contributed by atoms with E-state index in [2.05, 4.69) is 21.8 Å². The van der Waals surface area contributed by atoms with Gasteiger partial charge in [0, 0.05) is 44.0 Å². The van der Waals surface area contributed by atoms with Crippen LogP contribution < -0.4 is 9.46 Å². The summed E-state index contributed by atoms with van der Waals surface area (Å²) in [5.41, 5.74) is 3.04. The van der Waals surface area contributed by atoms with Gasteiger partial charge in [-0.1, -0.05) is 48.0 Å². The van der Waals surface area contributed by atoms with Crippen LogP contribution in [0.15, 0.2) is 77.7 Å². The smallest absolute Gasteiger partial charge is 0.265 e. The van der Waals surface area contributed by atoms with Gasteiger partial charge in [-0.05, 0) is 49.2 Å². The summed E-state index contributed by atoms with van der Waals surface area (Å²) in [6.07, 6.45) is 0.856. The van der Waals surface area contributed by atoms with Gasteiger partial charge >= 0.3 is 0 Å². The van der Waals surface area contributed by atoms with Crippen LogP contribution in [0.25, 0.3) is 0 Å². The lowest BCUT2D eigenvalue weighted by Crippen LogP contribution is -2.35. The van der Waals surface area contributed by atoms with Crippen molar-refractivity contribution in [2.45, 2.75) is 24.8 Å². The fourth-order valence-corrected chi connectivity index (χ4v) is 5.46. The average Bonchev–Trinajstić information content (AvgIpc) is 3.10. The van der Waals surface area contributed by atoms with Crippen molar-refractivity contribution in [2.75, 3.05) is 38.0 Å². The monoisotopic (exact) mass is 493 g/mol. The van der Waals surface area contributed by atoms with E-state index in [4.69, 9.17) is 4.74 Å². The summed E-state index contributed by atoms with van der Waals surface area (Å²) >= 11 is 0. The Balaban J connectivity index is 1.50. The van der Waals surface area contributed by atoms with Crippen LogP contribution in [0.3, 0.4) is 0 Å². The zero-order chi connectivity index (χ0) is 24.8. The maximum Gasteiger partial charge on any atom is 0.265 e. The van der Waals surface area contributed by atoms with Gasteiger partial charge in [0.1, 0.15) is 10.6 Å². The van der Waals surface area contributed by atoms with E-state index in [1.165, 1.54) is 24.8 Å². The maximum absolute atomic E-state index is 13.3. The van der Waals surface area contributed by atoms with Crippen molar-refractivity contribution in [2.24, 2.45) is 0 Å². The molecule has 0 aromatic heterocycles. The number of ether oxygens (including phenoxy) is 1. The quantitative estimate of drug-likeness (QED) is 0.535. The van der Waals surface area contributed by atoms with Crippen LogP contribution in [-0.2, 0) is 16.6 Å². The third kappa shape index (κ3) is 6.21. The molecular formula is C27H31N3O4S. The van der Waals surface area contributed by atoms with E-state index in [-0.39, 0.29) is 16.6 Å². The molecule has 0 unspecified atom stereocenters. The van der Waals surface area contributed by atoms with Gasteiger partial charge in [0.2, 0.25) is 0 Å². The summed E-state index contributed by atoms with van der Waals surface area (Å²) in [6, 6.07) is 21.9. The number of nitrogens with zero attached hydrogens (tertiary/aromatic N) is 2. The number of methoxy groups -OCH3 is 1. The number of hydrogen-bond acceptors (Lipinski definition) is 5. The fraction of sp³-hybridized carbons (Fsp3) is 0.296. The summed E-state index contributed by atoms with van der Waals surface area (Å²) in [7, 11) is -2.55. The molecule has 3 aromatic carbocycles. The topological polar surface area (TPSA) is 79.0 Å². The predicted molar refractivity (Wildman–Crippen MR) is 137 cm³/mol. The minimum Gasteiger partial charge on any atom is -0.495 e. The van der Waals surface area contributed by atoms with Gasteiger partial charge in [0.25, 0.3) is 15.9 Å². The third-order valence-corrected chi connectivity index (χ3v) is 7.53. The number of carbonyl (C=O) groups is 1. The second-order valence-corrected chi connectivity index (χ2v) is 10.4. The zero-order valence-corrected chi connectivity index (χ0v) is 20.9. The summed E-state index contributed by atoms with van der Waals surface area (Å²) in [5, 5.41) is 0. The van der Waals surface area contributed by atoms with Crippen LogP contribution in [0.4, 0.5) is 5.69 Å². The Morgan fingerprint density at radius 2 is 1.69 bits per heavy atom. The fourth-order valence-electron chi connectivity index (χ4n) is 4.21. The second kappa shape index (κ2) is 10.9. The molecule has 1 amide bonds. The molecule has 3 aromatic rings. The second-order valence-electron chi connectivity index (χ2n) is 8.74.